The first-order chi connectivity index (χ1) is 12.6. The molecule has 0 radical (unpaired) electrons. The molecule has 0 aliphatic heterocycles. The Hall–Kier alpha value is -2.45. The Kier molecular flexibility index (Phi) is 6.19. The molecule has 6 nitrogen and oxygen atoms in total. The molecule has 0 aliphatic carbocycles. The number of nitrogens with zero attached hydrogens (tertiary/aromatic N) is 1. The molecule has 0 unspecified atom stereocenters. The lowest BCUT2D eigenvalue weighted by atomic mass is 10.1. The molecule has 1 amide bonds. The monoisotopic (exact) mass is 433 g/mol. The molecular weight excluding hydrogens is 418 g/mol. The predicted molar refractivity (Wildman–Crippen MR) is 103 cm³/mol. The van der Waals surface area contributed by atoms with Gasteiger partial charge in [-0.25, -0.2) is 4.79 Å². The topological polar surface area (TPSA) is 84.1 Å². The Labute approximate surface area is 162 Å². The third kappa shape index (κ3) is 5.03. The number of ether oxygens (including phenoxy) is 1. The number of nitrogens with one attached hydrogen (secondary N) is 2. The standard InChI is InChI=1S/C18H16BrN3O3S/c19-13-5-3-12(4-6-13)15-10-16(22-21-15)18(24)25-11-17(23)20-8-7-14-2-1-9-26-14/h1-6,9-10H,7-8,11H2,(H,20,23)(H,21,22). The lowest BCUT2D eigenvalue weighted by Crippen LogP contribution is -2.30. The zero-order valence-corrected chi connectivity index (χ0v) is 16.1. The molecule has 0 spiro atoms. The summed E-state index contributed by atoms with van der Waals surface area (Å²) in [5, 5.41) is 11.5. The van der Waals surface area contributed by atoms with Gasteiger partial charge in [0.05, 0.1) is 5.69 Å². The minimum atomic E-state index is -0.616. The number of hydrogen-bond donors (Lipinski definition) is 2. The molecule has 0 atom stereocenters. The van der Waals surface area contributed by atoms with Gasteiger partial charge in [0.15, 0.2) is 6.61 Å². The van der Waals surface area contributed by atoms with Crippen molar-refractivity contribution in [2.24, 2.45) is 0 Å². The second-order valence-corrected chi connectivity index (χ2v) is 7.38. The van der Waals surface area contributed by atoms with Crippen LogP contribution in [0.1, 0.15) is 15.4 Å². The summed E-state index contributed by atoms with van der Waals surface area (Å²) < 4.78 is 5.98. The minimum absolute atomic E-state index is 0.203. The van der Waals surface area contributed by atoms with Gasteiger partial charge in [0.2, 0.25) is 0 Å². The van der Waals surface area contributed by atoms with Crippen LogP contribution in [-0.4, -0.2) is 35.2 Å². The van der Waals surface area contributed by atoms with E-state index >= 15 is 0 Å². The number of H-pyrrole nitrogens is 1. The molecule has 0 saturated heterocycles. The third-order valence-electron chi connectivity index (χ3n) is 3.55. The Morgan fingerprint density at radius 1 is 1.23 bits per heavy atom. The van der Waals surface area contributed by atoms with Gasteiger partial charge in [-0.05, 0) is 36.1 Å². The number of aromatic nitrogens is 2. The average molecular weight is 434 g/mol. The van der Waals surface area contributed by atoms with E-state index in [0.29, 0.717) is 12.2 Å². The highest BCUT2D eigenvalue weighted by Gasteiger charge is 2.14. The van der Waals surface area contributed by atoms with Crippen molar-refractivity contribution in [3.05, 3.63) is 62.9 Å². The SMILES string of the molecule is O=C(COC(=O)c1cc(-c2ccc(Br)cc2)n[nH]1)NCCc1cccs1. The van der Waals surface area contributed by atoms with Crippen molar-refractivity contribution in [3.63, 3.8) is 0 Å². The first-order valence-electron chi connectivity index (χ1n) is 7.89. The quantitative estimate of drug-likeness (QED) is 0.559. The van der Waals surface area contributed by atoms with Crippen LogP contribution in [0.4, 0.5) is 0 Å². The van der Waals surface area contributed by atoms with E-state index in [1.165, 1.54) is 4.88 Å². The summed E-state index contributed by atoms with van der Waals surface area (Å²) in [5.74, 6) is -0.947. The summed E-state index contributed by atoms with van der Waals surface area (Å²) in [4.78, 5) is 25.0. The molecule has 0 saturated carbocycles. The van der Waals surface area contributed by atoms with Crippen LogP contribution in [0.15, 0.2) is 52.3 Å². The molecule has 1 aromatic carbocycles. The molecule has 8 heteroatoms. The summed E-state index contributed by atoms with van der Waals surface area (Å²) in [6.07, 6.45) is 0.758. The van der Waals surface area contributed by atoms with Crippen LogP contribution in [0.25, 0.3) is 11.3 Å². The maximum absolute atomic E-state index is 12.0. The van der Waals surface area contributed by atoms with Gasteiger partial charge in [-0.2, -0.15) is 5.10 Å². The van der Waals surface area contributed by atoms with Crippen molar-refractivity contribution < 1.29 is 14.3 Å². The van der Waals surface area contributed by atoms with E-state index < -0.39 is 5.97 Å². The van der Waals surface area contributed by atoms with Gasteiger partial charge in [0.1, 0.15) is 5.69 Å². The largest absolute Gasteiger partial charge is 0.451 e. The molecule has 134 valence electrons. The number of aromatic amines is 1. The van der Waals surface area contributed by atoms with E-state index in [-0.39, 0.29) is 18.2 Å². The summed E-state index contributed by atoms with van der Waals surface area (Å²) in [6.45, 7) is 0.185. The second-order valence-electron chi connectivity index (χ2n) is 5.43. The Bertz CT molecular complexity index is 875. The van der Waals surface area contributed by atoms with Crippen LogP contribution in [0.3, 0.4) is 0 Å². The minimum Gasteiger partial charge on any atom is -0.451 e. The molecule has 2 heterocycles. The number of benzene rings is 1. The van der Waals surface area contributed by atoms with Gasteiger partial charge < -0.3 is 10.1 Å². The number of amides is 1. The normalized spacial score (nSPS) is 10.5. The fraction of sp³-hybridized carbons (Fsp3) is 0.167. The van der Waals surface area contributed by atoms with Crippen molar-refractivity contribution in [3.8, 4) is 11.3 Å². The maximum atomic E-state index is 12.0. The van der Waals surface area contributed by atoms with Crippen molar-refractivity contribution in [2.75, 3.05) is 13.2 Å². The zero-order chi connectivity index (χ0) is 18.4. The zero-order valence-electron chi connectivity index (χ0n) is 13.7. The number of carbonyl (C=O) groups is 2. The van der Waals surface area contributed by atoms with Gasteiger partial charge in [-0.3, -0.25) is 9.89 Å². The van der Waals surface area contributed by atoms with Crippen LogP contribution < -0.4 is 5.32 Å². The Morgan fingerprint density at radius 2 is 2.04 bits per heavy atom. The number of rotatable bonds is 7. The van der Waals surface area contributed by atoms with E-state index in [0.717, 1.165) is 16.5 Å². The van der Waals surface area contributed by atoms with Gasteiger partial charge in [-0.1, -0.05) is 34.1 Å². The number of esters is 1. The van der Waals surface area contributed by atoms with E-state index in [9.17, 15) is 9.59 Å². The molecular formula is C18H16BrN3O3S. The number of thiophene rings is 1. The van der Waals surface area contributed by atoms with Gasteiger partial charge in [0, 0.05) is 21.5 Å². The van der Waals surface area contributed by atoms with Crippen LogP contribution in [0.2, 0.25) is 0 Å². The maximum Gasteiger partial charge on any atom is 0.356 e. The van der Waals surface area contributed by atoms with E-state index in [4.69, 9.17) is 4.74 Å². The average Bonchev–Trinajstić information content (AvgIpc) is 3.32. The van der Waals surface area contributed by atoms with Crippen molar-refractivity contribution in [1.29, 1.82) is 0 Å². The molecule has 0 fully saturated rings. The van der Waals surface area contributed by atoms with Crippen molar-refractivity contribution in [1.82, 2.24) is 15.5 Å². The number of halogens is 1. The van der Waals surface area contributed by atoms with Crippen molar-refractivity contribution >= 4 is 39.1 Å². The summed E-state index contributed by atoms with van der Waals surface area (Å²) >= 11 is 5.01. The second kappa shape index (κ2) is 8.77. The van der Waals surface area contributed by atoms with Crippen LogP contribution in [-0.2, 0) is 16.0 Å². The fourth-order valence-corrected chi connectivity index (χ4v) is 3.21. The number of hydrogen-bond acceptors (Lipinski definition) is 5. The van der Waals surface area contributed by atoms with Crippen LogP contribution in [0, 0.1) is 0 Å². The van der Waals surface area contributed by atoms with Gasteiger partial charge >= 0.3 is 5.97 Å². The van der Waals surface area contributed by atoms with Gasteiger partial charge in [0.25, 0.3) is 5.91 Å². The molecule has 3 aromatic rings. The van der Waals surface area contributed by atoms with E-state index in [1.807, 2.05) is 41.8 Å². The van der Waals surface area contributed by atoms with E-state index in [2.05, 4.69) is 31.4 Å². The molecule has 26 heavy (non-hydrogen) atoms. The van der Waals surface area contributed by atoms with Crippen LogP contribution >= 0.6 is 27.3 Å². The molecule has 2 aromatic heterocycles. The Morgan fingerprint density at radius 3 is 2.77 bits per heavy atom. The van der Waals surface area contributed by atoms with E-state index in [1.54, 1.807) is 17.4 Å². The highest BCUT2D eigenvalue weighted by Crippen LogP contribution is 2.20. The lowest BCUT2D eigenvalue weighted by Gasteiger charge is -2.05. The first-order valence-corrected chi connectivity index (χ1v) is 9.56. The predicted octanol–water partition coefficient (Wildman–Crippen LogP) is 3.42. The van der Waals surface area contributed by atoms with Gasteiger partial charge in [-0.15, -0.1) is 11.3 Å². The third-order valence-corrected chi connectivity index (χ3v) is 5.01. The molecule has 2 N–H and O–H groups in total. The fourth-order valence-electron chi connectivity index (χ4n) is 2.23. The molecule has 0 bridgehead atoms. The first kappa shape index (κ1) is 18.3. The summed E-state index contributed by atoms with van der Waals surface area (Å²) in [5.41, 5.74) is 1.70. The summed E-state index contributed by atoms with van der Waals surface area (Å²) in [6, 6.07) is 13.1. The highest BCUT2D eigenvalue weighted by molar-refractivity contribution is 9.10. The number of carbonyl (C=O) groups excluding carboxylic acids is 2. The molecule has 3 rings (SSSR count). The van der Waals surface area contributed by atoms with Crippen molar-refractivity contribution in [2.45, 2.75) is 6.42 Å². The molecule has 0 aliphatic rings. The lowest BCUT2D eigenvalue weighted by molar-refractivity contribution is -0.124. The Balaban J connectivity index is 1.46. The smallest absolute Gasteiger partial charge is 0.356 e. The summed E-state index contributed by atoms with van der Waals surface area (Å²) in [7, 11) is 0. The highest BCUT2D eigenvalue weighted by atomic mass is 79.9. The van der Waals surface area contributed by atoms with Crippen LogP contribution in [0.5, 0.6) is 0 Å².